The number of rotatable bonds is 4. The van der Waals surface area contributed by atoms with Gasteiger partial charge in [-0.15, -0.1) is 0 Å². The zero-order chi connectivity index (χ0) is 17.3. The van der Waals surface area contributed by atoms with Crippen molar-refractivity contribution < 1.29 is 14.1 Å². The van der Waals surface area contributed by atoms with Crippen LogP contribution in [0.5, 0.6) is 0 Å². The highest BCUT2D eigenvalue weighted by Crippen LogP contribution is 2.22. The number of nitrogens with zero attached hydrogens (tertiary/aromatic N) is 3. The van der Waals surface area contributed by atoms with Gasteiger partial charge in [0.2, 0.25) is 11.8 Å². The molecule has 126 valence electrons. The first kappa shape index (κ1) is 16.4. The van der Waals surface area contributed by atoms with Crippen molar-refractivity contribution in [2.24, 2.45) is 5.92 Å². The quantitative estimate of drug-likeness (QED) is 0.913. The Morgan fingerprint density at radius 1 is 1.42 bits per heavy atom. The third-order valence-electron chi connectivity index (χ3n) is 3.99. The van der Waals surface area contributed by atoms with Gasteiger partial charge in [-0.25, -0.2) is 0 Å². The van der Waals surface area contributed by atoms with E-state index < -0.39 is 6.04 Å². The molecule has 0 saturated carbocycles. The second-order valence-electron chi connectivity index (χ2n) is 5.87. The largest absolute Gasteiger partial charge is 0.346 e. The molecule has 0 unspecified atom stereocenters. The fraction of sp³-hybridized carbons (Fsp3) is 0.375. The van der Waals surface area contributed by atoms with Gasteiger partial charge in [-0.2, -0.15) is 4.98 Å². The first-order valence-corrected chi connectivity index (χ1v) is 7.95. The van der Waals surface area contributed by atoms with Gasteiger partial charge in [0.25, 0.3) is 5.89 Å². The Kier molecular flexibility index (Phi) is 4.53. The summed E-state index contributed by atoms with van der Waals surface area (Å²) in [4.78, 5) is 29.6. The van der Waals surface area contributed by atoms with Crippen LogP contribution in [0.4, 0.5) is 0 Å². The summed E-state index contributed by atoms with van der Waals surface area (Å²) < 4.78 is 5.24. The molecular formula is C16H17ClN4O3. The summed E-state index contributed by atoms with van der Waals surface area (Å²) >= 11 is 5.85. The van der Waals surface area contributed by atoms with E-state index in [9.17, 15) is 9.59 Å². The number of amides is 2. The van der Waals surface area contributed by atoms with E-state index in [1.165, 1.54) is 0 Å². The molecule has 1 aliphatic heterocycles. The number of aromatic nitrogens is 2. The molecule has 8 heteroatoms. The van der Waals surface area contributed by atoms with Crippen LogP contribution in [-0.2, 0) is 9.59 Å². The fourth-order valence-corrected chi connectivity index (χ4v) is 2.68. The maximum Gasteiger partial charge on any atom is 0.257 e. The van der Waals surface area contributed by atoms with Gasteiger partial charge in [-0.1, -0.05) is 16.8 Å². The van der Waals surface area contributed by atoms with Crippen LogP contribution in [0, 0.1) is 5.92 Å². The van der Waals surface area contributed by atoms with E-state index in [4.69, 9.17) is 16.1 Å². The molecule has 1 N–H and O–H groups in total. The average Bonchev–Trinajstić information content (AvgIpc) is 3.16. The molecule has 24 heavy (non-hydrogen) atoms. The number of carbonyl (C=O) groups is 2. The van der Waals surface area contributed by atoms with Gasteiger partial charge in [-0.3, -0.25) is 9.59 Å². The van der Waals surface area contributed by atoms with Crippen molar-refractivity contribution in [3.8, 4) is 11.5 Å². The summed E-state index contributed by atoms with van der Waals surface area (Å²) in [6, 6.07) is 6.62. The van der Waals surface area contributed by atoms with Crippen molar-refractivity contribution >= 4 is 23.4 Å². The van der Waals surface area contributed by atoms with Gasteiger partial charge >= 0.3 is 0 Å². The third kappa shape index (κ3) is 3.41. The van der Waals surface area contributed by atoms with E-state index in [-0.39, 0.29) is 24.2 Å². The predicted molar refractivity (Wildman–Crippen MR) is 87.0 cm³/mol. The first-order valence-electron chi connectivity index (χ1n) is 7.58. The number of halogens is 1. The van der Waals surface area contributed by atoms with Crippen LogP contribution in [0.15, 0.2) is 28.8 Å². The molecular weight excluding hydrogens is 332 g/mol. The van der Waals surface area contributed by atoms with E-state index in [1.807, 2.05) is 0 Å². The lowest BCUT2D eigenvalue weighted by molar-refractivity contribution is -0.128. The Hall–Kier alpha value is -2.41. The lowest BCUT2D eigenvalue weighted by Crippen LogP contribution is -2.34. The molecule has 1 aromatic heterocycles. The summed E-state index contributed by atoms with van der Waals surface area (Å²) in [5, 5.41) is 7.36. The van der Waals surface area contributed by atoms with Crippen LogP contribution < -0.4 is 5.32 Å². The van der Waals surface area contributed by atoms with Crippen LogP contribution in [0.25, 0.3) is 11.5 Å². The minimum absolute atomic E-state index is 0.0209. The number of hydrogen-bond acceptors (Lipinski definition) is 5. The van der Waals surface area contributed by atoms with Crippen molar-refractivity contribution in [1.82, 2.24) is 20.4 Å². The molecule has 2 aromatic rings. The monoisotopic (exact) mass is 348 g/mol. The van der Waals surface area contributed by atoms with Gasteiger partial charge in [0.15, 0.2) is 5.82 Å². The van der Waals surface area contributed by atoms with Crippen molar-refractivity contribution in [3.05, 3.63) is 35.1 Å². The van der Waals surface area contributed by atoms with E-state index in [0.717, 1.165) is 5.56 Å². The normalized spacial score (nSPS) is 18.7. The summed E-state index contributed by atoms with van der Waals surface area (Å²) in [6.45, 7) is 2.20. The Morgan fingerprint density at radius 3 is 2.75 bits per heavy atom. The highest BCUT2D eigenvalue weighted by Gasteiger charge is 2.33. The number of benzene rings is 1. The topological polar surface area (TPSA) is 88.3 Å². The molecule has 1 saturated heterocycles. The molecule has 0 spiro atoms. The second kappa shape index (κ2) is 6.60. The lowest BCUT2D eigenvalue weighted by Gasteiger charge is -2.14. The van der Waals surface area contributed by atoms with Crippen molar-refractivity contribution in [1.29, 1.82) is 0 Å². The first-order chi connectivity index (χ1) is 11.4. The minimum atomic E-state index is -0.414. The smallest absolute Gasteiger partial charge is 0.257 e. The summed E-state index contributed by atoms with van der Waals surface area (Å²) in [5.74, 6) is 0.197. The minimum Gasteiger partial charge on any atom is -0.346 e. The van der Waals surface area contributed by atoms with Crippen molar-refractivity contribution in [2.45, 2.75) is 19.4 Å². The lowest BCUT2D eigenvalue weighted by atomic mass is 10.1. The Labute approximate surface area is 144 Å². The fourth-order valence-electron chi connectivity index (χ4n) is 2.56. The highest BCUT2D eigenvalue weighted by atomic mass is 35.5. The molecule has 1 aliphatic rings. The summed E-state index contributed by atoms with van der Waals surface area (Å²) in [5.41, 5.74) is 0.750. The zero-order valence-electron chi connectivity index (χ0n) is 13.3. The molecule has 2 heterocycles. The molecule has 1 fully saturated rings. The standard InChI is InChI=1S/C16H17ClN4O3/c1-9(18-15(23)11-7-13(22)21(2)8-11)14-19-16(24-20-14)10-3-5-12(17)6-4-10/h3-6,9,11H,7-8H2,1-2H3,(H,18,23)/t9-,11+/m1/s1. The maximum atomic E-state index is 12.2. The van der Waals surface area contributed by atoms with Crippen LogP contribution in [0.1, 0.15) is 25.2 Å². The number of carbonyl (C=O) groups excluding carboxylic acids is 2. The maximum absolute atomic E-state index is 12.2. The Bertz CT molecular complexity index is 759. The summed E-state index contributed by atoms with van der Waals surface area (Å²) in [7, 11) is 1.69. The van der Waals surface area contributed by atoms with Gasteiger partial charge < -0.3 is 14.7 Å². The van der Waals surface area contributed by atoms with Gasteiger partial charge in [0.05, 0.1) is 12.0 Å². The second-order valence-corrected chi connectivity index (χ2v) is 6.31. The van der Waals surface area contributed by atoms with E-state index in [0.29, 0.717) is 23.3 Å². The molecule has 1 aromatic carbocycles. The SMILES string of the molecule is C[C@@H](NC(=O)[C@H]1CC(=O)N(C)C1)c1noc(-c2ccc(Cl)cc2)n1. The number of likely N-dealkylation sites (tertiary alicyclic amines) is 1. The summed E-state index contributed by atoms with van der Waals surface area (Å²) in [6.07, 6.45) is 0.233. The van der Waals surface area contributed by atoms with E-state index in [1.54, 1.807) is 43.1 Å². The molecule has 2 amide bonds. The Balaban J connectivity index is 1.65. The molecule has 2 atom stereocenters. The van der Waals surface area contributed by atoms with Gasteiger partial charge in [0, 0.05) is 30.6 Å². The number of hydrogen-bond donors (Lipinski definition) is 1. The predicted octanol–water partition coefficient (Wildman–Crippen LogP) is 2.05. The van der Waals surface area contributed by atoms with Crippen LogP contribution in [0.2, 0.25) is 5.02 Å². The molecule has 0 bridgehead atoms. The molecule has 0 aliphatic carbocycles. The van der Waals surface area contributed by atoms with E-state index in [2.05, 4.69) is 15.5 Å². The third-order valence-corrected chi connectivity index (χ3v) is 4.24. The molecule has 7 nitrogen and oxygen atoms in total. The Morgan fingerprint density at radius 2 is 2.12 bits per heavy atom. The van der Waals surface area contributed by atoms with Crippen molar-refractivity contribution in [3.63, 3.8) is 0 Å². The van der Waals surface area contributed by atoms with Crippen molar-refractivity contribution in [2.75, 3.05) is 13.6 Å². The number of nitrogens with one attached hydrogen (secondary N) is 1. The highest BCUT2D eigenvalue weighted by molar-refractivity contribution is 6.30. The zero-order valence-corrected chi connectivity index (χ0v) is 14.1. The van der Waals surface area contributed by atoms with Gasteiger partial charge in [-0.05, 0) is 31.2 Å². The van der Waals surface area contributed by atoms with E-state index >= 15 is 0 Å². The van der Waals surface area contributed by atoms with Gasteiger partial charge in [0.1, 0.15) is 0 Å². The van der Waals surface area contributed by atoms with Crippen LogP contribution in [-0.4, -0.2) is 40.4 Å². The average molecular weight is 349 g/mol. The molecule has 3 rings (SSSR count). The van der Waals surface area contributed by atoms with Crippen LogP contribution in [0.3, 0.4) is 0 Å². The molecule has 0 radical (unpaired) electrons. The van der Waals surface area contributed by atoms with Crippen LogP contribution >= 0.6 is 11.6 Å².